The molecule has 0 bridgehead atoms. The number of amides is 1. The summed E-state index contributed by atoms with van der Waals surface area (Å²) in [5, 5.41) is 16.6. The molecular weight excluding hydrogens is 500 g/mol. The second-order valence-electron chi connectivity index (χ2n) is 9.08. The highest BCUT2D eigenvalue weighted by atomic mass is 19.2. The molecule has 38 heavy (non-hydrogen) atoms. The van der Waals surface area contributed by atoms with Gasteiger partial charge in [0.05, 0.1) is 12.1 Å². The van der Waals surface area contributed by atoms with Crippen LogP contribution in [0.15, 0.2) is 60.7 Å². The molecule has 0 aliphatic heterocycles. The Morgan fingerprint density at radius 3 is 2.24 bits per heavy atom. The van der Waals surface area contributed by atoms with E-state index in [1.54, 1.807) is 0 Å². The standard InChI is InChI=1S/C29H30F4N2O3/c1-2-18-4-3-5-19(10-18)16-34-17-28(37)26(13-20-11-22(30)15-23(31)12-20)35-29(38)9-8-27(36)21-6-7-24(32)25(33)14-21/h3-7,10-12,14-15,26,28,34,37H,2,8-9,13,16-17H2,1H3,(H,35,38). The molecule has 2 unspecified atom stereocenters. The zero-order valence-electron chi connectivity index (χ0n) is 20.9. The lowest BCUT2D eigenvalue weighted by molar-refractivity contribution is -0.122. The Hall–Kier alpha value is -3.56. The Labute approximate surface area is 218 Å². The SMILES string of the molecule is CCc1cccc(CNCC(O)C(Cc2cc(F)cc(F)c2)NC(=O)CCC(=O)c2ccc(F)c(F)c2)c1. The quantitative estimate of drug-likeness (QED) is 0.222. The fourth-order valence-electron chi connectivity index (χ4n) is 4.05. The number of hydrogen-bond acceptors (Lipinski definition) is 4. The van der Waals surface area contributed by atoms with Gasteiger partial charge in [0, 0.05) is 37.6 Å². The molecule has 3 rings (SSSR count). The first-order valence-electron chi connectivity index (χ1n) is 12.3. The fourth-order valence-corrected chi connectivity index (χ4v) is 4.05. The van der Waals surface area contributed by atoms with Gasteiger partial charge in [-0.1, -0.05) is 31.2 Å². The van der Waals surface area contributed by atoms with Gasteiger partial charge in [0.2, 0.25) is 5.91 Å². The van der Waals surface area contributed by atoms with Crippen molar-refractivity contribution in [3.63, 3.8) is 0 Å². The van der Waals surface area contributed by atoms with Crippen molar-refractivity contribution in [2.45, 2.75) is 51.3 Å². The van der Waals surface area contributed by atoms with Crippen molar-refractivity contribution in [3.05, 3.63) is 106 Å². The van der Waals surface area contributed by atoms with Gasteiger partial charge in [0.15, 0.2) is 17.4 Å². The Morgan fingerprint density at radius 2 is 1.55 bits per heavy atom. The second-order valence-corrected chi connectivity index (χ2v) is 9.08. The number of aliphatic hydroxyl groups excluding tert-OH is 1. The smallest absolute Gasteiger partial charge is 0.220 e. The number of aryl methyl sites for hydroxylation is 1. The number of ketones is 1. The van der Waals surface area contributed by atoms with Crippen LogP contribution in [0.3, 0.4) is 0 Å². The molecule has 3 N–H and O–H groups in total. The molecule has 0 aromatic heterocycles. The number of nitrogens with one attached hydrogen (secondary N) is 2. The van der Waals surface area contributed by atoms with Crippen LogP contribution in [0.25, 0.3) is 0 Å². The van der Waals surface area contributed by atoms with Gasteiger partial charge in [-0.25, -0.2) is 17.6 Å². The molecule has 0 saturated heterocycles. The zero-order chi connectivity index (χ0) is 27.7. The number of carbonyl (C=O) groups excluding carboxylic acids is 2. The molecule has 0 aliphatic rings. The predicted molar refractivity (Wildman–Crippen MR) is 135 cm³/mol. The summed E-state index contributed by atoms with van der Waals surface area (Å²) < 4.78 is 54.0. The third-order valence-electron chi connectivity index (χ3n) is 6.09. The summed E-state index contributed by atoms with van der Waals surface area (Å²) in [5.74, 6) is -4.97. The highest BCUT2D eigenvalue weighted by molar-refractivity contribution is 5.98. The van der Waals surface area contributed by atoms with Gasteiger partial charge in [-0.15, -0.1) is 0 Å². The van der Waals surface area contributed by atoms with Crippen molar-refractivity contribution in [1.29, 1.82) is 0 Å². The fraction of sp³-hybridized carbons (Fsp3) is 0.310. The third-order valence-corrected chi connectivity index (χ3v) is 6.09. The summed E-state index contributed by atoms with van der Waals surface area (Å²) in [5.41, 5.74) is 2.35. The molecule has 3 aromatic rings. The number of rotatable bonds is 13. The highest BCUT2D eigenvalue weighted by Gasteiger charge is 2.23. The van der Waals surface area contributed by atoms with E-state index in [4.69, 9.17) is 0 Å². The summed E-state index contributed by atoms with van der Waals surface area (Å²) >= 11 is 0. The summed E-state index contributed by atoms with van der Waals surface area (Å²) in [7, 11) is 0. The Bertz CT molecular complexity index is 1250. The van der Waals surface area contributed by atoms with Crippen LogP contribution in [-0.2, 0) is 24.2 Å². The second kappa shape index (κ2) is 13.8. The molecular formula is C29H30F4N2O3. The van der Waals surface area contributed by atoms with Crippen LogP contribution < -0.4 is 10.6 Å². The first kappa shape index (κ1) is 29.0. The van der Waals surface area contributed by atoms with Gasteiger partial charge in [-0.2, -0.15) is 0 Å². The summed E-state index contributed by atoms with van der Waals surface area (Å²) in [6, 6.07) is 12.7. The molecule has 0 heterocycles. The maximum Gasteiger partial charge on any atom is 0.220 e. The maximum atomic E-state index is 13.7. The molecule has 0 spiro atoms. The van der Waals surface area contributed by atoms with Crippen LogP contribution in [0.2, 0.25) is 0 Å². The minimum Gasteiger partial charge on any atom is -0.390 e. The highest BCUT2D eigenvalue weighted by Crippen LogP contribution is 2.14. The van der Waals surface area contributed by atoms with E-state index in [9.17, 15) is 32.3 Å². The first-order valence-corrected chi connectivity index (χ1v) is 12.3. The number of carbonyl (C=O) groups is 2. The molecule has 3 aromatic carbocycles. The van der Waals surface area contributed by atoms with Crippen LogP contribution >= 0.6 is 0 Å². The predicted octanol–water partition coefficient (Wildman–Crippen LogP) is 4.65. The molecule has 5 nitrogen and oxygen atoms in total. The van der Waals surface area contributed by atoms with E-state index in [2.05, 4.69) is 10.6 Å². The van der Waals surface area contributed by atoms with Crippen molar-refractivity contribution in [3.8, 4) is 0 Å². The summed E-state index contributed by atoms with van der Waals surface area (Å²) in [6.45, 7) is 2.58. The van der Waals surface area contributed by atoms with E-state index in [-0.39, 0.29) is 36.9 Å². The van der Waals surface area contributed by atoms with E-state index in [0.29, 0.717) is 6.54 Å². The molecule has 202 valence electrons. The van der Waals surface area contributed by atoms with Gasteiger partial charge in [-0.05, 0) is 59.9 Å². The minimum absolute atomic E-state index is 0.0638. The van der Waals surface area contributed by atoms with Crippen molar-refractivity contribution < 1.29 is 32.3 Å². The normalized spacial score (nSPS) is 12.7. The van der Waals surface area contributed by atoms with Crippen LogP contribution in [0.1, 0.15) is 46.8 Å². The van der Waals surface area contributed by atoms with Crippen LogP contribution in [0.5, 0.6) is 0 Å². The number of aliphatic hydroxyl groups is 1. The van der Waals surface area contributed by atoms with Crippen molar-refractivity contribution in [2.24, 2.45) is 0 Å². The third kappa shape index (κ3) is 8.78. The Balaban J connectivity index is 1.63. The van der Waals surface area contributed by atoms with E-state index in [0.717, 1.165) is 48.4 Å². The van der Waals surface area contributed by atoms with Crippen LogP contribution in [0, 0.1) is 23.3 Å². The molecule has 0 radical (unpaired) electrons. The Kier molecular flexibility index (Phi) is 10.6. The maximum absolute atomic E-state index is 13.7. The van der Waals surface area contributed by atoms with Gasteiger partial charge in [0.1, 0.15) is 11.6 Å². The van der Waals surface area contributed by atoms with E-state index in [1.165, 1.54) is 5.56 Å². The van der Waals surface area contributed by atoms with E-state index >= 15 is 0 Å². The average Bonchev–Trinajstić information content (AvgIpc) is 2.88. The lowest BCUT2D eigenvalue weighted by Gasteiger charge is -2.25. The summed E-state index contributed by atoms with van der Waals surface area (Å²) in [4.78, 5) is 24.9. The molecule has 1 amide bonds. The van der Waals surface area contributed by atoms with Crippen molar-refractivity contribution in [2.75, 3.05) is 6.54 Å². The van der Waals surface area contributed by atoms with Gasteiger partial charge in [0.25, 0.3) is 0 Å². The lowest BCUT2D eigenvalue weighted by Crippen LogP contribution is -2.48. The van der Waals surface area contributed by atoms with Crippen molar-refractivity contribution in [1.82, 2.24) is 10.6 Å². The summed E-state index contributed by atoms with van der Waals surface area (Å²) in [6.07, 6.45) is -0.864. The van der Waals surface area contributed by atoms with Gasteiger partial charge in [-0.3, -0.25) is 9.59 Å². The van der Waals surface area contributed by atoms with Crippen LogP contribution in [0.4, 0.5) is 17.6 Å². The number of halogens is 4. The van der Waals surface area contributed by atoms with E-state index < -0.39 is 47.1 Å². The Morgan fingerprint density at radius 1 is 0.842 bits per heavy atom. The molecule has 9 heteroatoms. The minimum atomic E-state index is -1.17. The zero-order valence-corrected chi connectivity index (χ0v) is 20.9. The number of hydrogen-bond donors (Lipinski definition) is 3. The van der Waals surface area contributed by atoms with E-state index in [1.807, 2.05) is 31.2 Å². The number of Topliss-reactive ketones (excluding diaryl/α,β-unsaturated/α-hetero) is 1. The topological polar surface area (TPSA) is 78.4 Å². The van der Waals surface area contributed by atoms with Gasteiger partial charge < -0.3 is 15.7 Å². The number of benzene rings is 3. The van der Waals surface area contributed by atoms with Crippen LogP contribution in [-0.4, -0.2) is 35.5 Å². The monoisotopic (exact) mass is 530 g/mol. The molecule has 0 aliphatic carbocycles. The molecule has 0 fully saturated rings. The lowest BCUT2D eigenvalue weighted by atomic mass is 9.99. The molecule has 2 atom stereocenters. The first-order chi connectivity index (χ1) is 18.1. The largest absolute Gasteiger partial charge is 0.390 e. The van der Waals surface area contributed by atoms with Gasteiger partial charge >= 0.3 is 0 Å². The van der Waals surface area contributed by atoms with Crippen molar-refractivity contribution >= 4 is 11.7 Å². The average molecular weight is 531 g/mol. The molecule has 0 saturated carbocycles.